The van der Waals surface area contributed by atoms with Gasteiger partial charge in [0.1, 0.15) is 23.0 Å². The second kappa shape index (κ2) is 11.4. The Morgan fingerprint density at radius 2 is 1.20 bits per heavy atom. The summed E-state index contributed by atoms with van der Waals surface area (Å²) in [6.07, 6.45) is 3.18. The summed E-state index contributed by atoms with van der Waals surface area (Å²) >= 11 is 0. The lowest BCUT2D eigenvalue weighted by atomic mass is 9.86. The van der Waals surface area contributed by atoms with Gasteiger partial charge < -0.3 is 30.6 Å². The van der Waals surface area contributed by atoms with Crippen LogP contribution in [0.5, 0.6) is 23.0 Å². The molecule has 0 aromatic heterocycles. The van der Waals surface area contributed by atoms with Crippen molar-refractivity contribution >= 4 is 5.97 Å². The van der Waals surface area contributed by atoms with E-state index in [0.717, 1.165) is 6.42 Å². The molecule has 2 rings (SSSR count). The minimum absolute atomic E-state index is 0.0506. The molecule has 6 N–H and O–H groups in total. The first-order valence-corrected chi connectivity index (χ1v) is 11.7. The number of aliphatic hydroxyl groups is 1. The van der Waals surface area contributed by atoms with Gasteiger partial charge in [0.15, 0.2) is 0 Å². The van der Waals surface area contributed by atoms with Crippen molar-refractivity contribution in [3.05, 3.63) is 46.5 Å². The number of aryl methyl sites for hydroxylation is 2. The maximum atomic E-state index is 11.3. The summed E-state index contributed by atoms with van der Waals surface area (Å²) in [7, 11) is 0. The van der Waals surface area contributed by atoms with Crippen LogP contribution in [0, 0.1) is 22.7 Å². The summed E-state index contributed by atoms with van der Waals surface area (Å²) in [4.78, 5) is 11.3. The van der Waals surface area contributed by atoms with E-state index in [9.17, 15) is 35.4 Å². The average molecular weight is 485 g/mol. The lowest BCUT2D eigenvalue weighted by Crippen LogP contribution is -2.23. The van der Waals surface area contributed by atoms with E-state index in [1.54, 1.807) is 13.8 Å². The second-order valence-electron chi connectivity index (χ2n) is 10.5. The van der Waals surface area contributed by atoms with Crippen LogP contribution in [-0.4, -0.2) is 43.2 Å². The van der Waals surface area contributed by atoms with E-state index in [4.69, 9.17) is 0 Å². The SMILES string of the molecule is CC(C)(CO)CCCc1cc(O)cc(C#Cc2cc(O)cc(CCCC(C)(C)C(=O)O)c2O)c1O. The van der Waals surface area contributed by atoms with Crippen molar-refractivity contribution < 1.29 is 35.4 Å². The monoisotopic (exact) mass is 484 g/mol. The van der Waals surface area contributed by atoms with E-state index in [2.05, 4.69) is 11.8 Å². The molecular formula is C28H36O7. The number of hydrogen-bond donors (Lipinski definition) is 6. The molecule has 0 unspecified atom stereocenters. The van der Waals surface area contributed by atoms with E-state index in [1.807, 2.05) is 13.8 Å². The Morgan fingerprint density at radius 1 is 0.771 bits per heavy atom. The molecule has 2 aromatic rings. The molecule has 0 heterocycles. The van der Waals surface area contributed by atoms with Crippen LogP contribution in [0.25, 0.3) is 0 Å². The minimum atomic E-state index is -0.897. The Bertz CT molecular complexity index is 1120. The van der Waals surface area contributed by atoms with Gasteiger partial charge in [0.05, 0.1) is 16.5 Å². The highest BCUT2D eigenvalue weighted by Crippen LogP contribution is 2.33. The van der Waals surface area contributed by atoms with Crippen LogP contribution in [0.15, 0.2) is 24.3 Å². The van der Waals surface area contributed by atoms with Gasteiger partial charge >= 0.3 is 5.97 Å². The van der Waals surface area contributed by atoms with Gasteiger partial charge in [-0.15, -0.1) is 0 Å². The Balaban J connectivity index is 2.25. The van der Waals surface area contributed by atoms with Crippen molar-refractivity contribution in [1.82, 2.24) is 0 Å². The molecular weight excluding hydrogens is 448 g/mol. The molecule has 7 nitrogen and oxygen atoms in total. The number of benzene rings is 2. The summed E-state index contributed by atoms with van der Waals surface area (Å²) in [5.74, 6) is 4.32. The normalized spacial score (nSPS) is 11.7. The van der Waals surface area contributed by atoms with Gasteiger partial charge in [-0.25, -0.2) is 0 Å². The van der Waals surface area contributed by atoms with Crippen LogP contribution in [-0.2, 0) is 17.6 Å². The van der Waals surface area contributed by atoms with E-state index >= 15 is 0 Å². The third-order valence-electron chi connectivity index (χ3n) is 6.23. The van der Waals surface area contributed by atoms with Gasteiger partial charge in [-0.3, -0.25) is 4.79 Å². The first kappa shape index (κ1) is 27.9. The Labute approximate surface area is 206 Å². The summed E-state index contributed by atoms with van der Waals surface area (Å²) in [5, 5.41) is 60.2. The second-order valence-corrected chi connectivity index (χ2v) is 10.5. The van der Waals surface area contributed by atoms with Crippen LogP contribution in [0.2, 0.25) is 0 Å². The van der Waals surface area contributed by atoms with E-state index < -0.39 is 11.4 Å². The molecule has 0 spiro atoms. The molecule has 0 aliphatic carbocycles. The molecule has 2 aromatic carbocycles. The quantitative estimate of drug-likeness (QED) is 0.213. The fourth-order valence-corrected chi connectivity index (χ4v) is 3.73. The summed E-state index contributed by atoms with van der Waals surface area (Å²) in [5.41, 5.74) is 0.198. The van der Waals surface area contributed by atoms with Gasteiger partial charge in [0, 0.05) is 6.61 Å². The molecule has 0 fully saturated rings. The maximum Gasteiger partial charge on any atom is 0.309 e. The van der Waals surface area contributed by atoms with Gasteiger partial charge in [-0.2, -0.15) is 0 Å². The van der Waals surface area contributed by atoms with Gasteiger partial charge in [0.2, 0.25) is 0 Å². The number of carboxylic acids is 1. The zero-order valence-electron chi connectivity index (χ0n) is 20.9. The minimum Gasteiger partial charge on any atom is -0.508 e. The van der Waals surface area contributed by atoms with Gasteiger partial charge in [0.25, 0.3) is 0 Å². The van der Waals surface area contributed by atoms with Crippen LogP contribution >= 0.6 is 0 Å². The smallest absolute Gasteiger partial charge is 0.309 e. The van der Waals surface area contributed by atoms with Crippen LogP contribution in [0.1, 0.15) is 75.6 Å². The number of aliphatic hydroxyl groups excluding tert-OH is 1. The number of aromatic hydroxyl groups is 4. The van der Waals surface area contributed by atoms with Crippen molar-refractivity contribution in [3.8, 4) is 34.8 Å². The highest BCUT2D eigenvalue weighted by Gasteiger charge is 2.26. The van der Waals surface area contributed by atoms with Crippen molar-refractivity contribution in [2.45, 2.75) is 66.2 Å². The largest absolute Gasteiger partial charge is 0.508 e. The molecule has 7 heteroatoms. The first-order valence-electron chi connectivity index (χ1n) is 11.7. The third kappa shape index (κ3) is 7.83. The molecule has 35 heavy (non-hydrogen) atoms. The highest BCUT2D eigenvalue weighted by molar-refractivity contribution is 5.73. The molecule has 0 amide bonds. The molecule has 0 radical (unpaired) electrons. The molecule has 0 saturated heterocycles. The Morgan fingerprint density at radius 3 is 1.60 bits per heavy atom. The lowest BCUT2D eigenvalue weighted by molar-refractivity contribution is -0.147. The molecule has 190 valence electrons. The number of phenolic OH excluding ortho intramolecular Hbond substituents is 4. The standard InChI is InChI=1S/C28H36O7/c1-27(2,17-29)11-5-7-18-13-22(30)15-20(24(18)32)9-10-21-16-23(31)14-19(25(21)33)8-6-12-28(3,4)26(34)35/h13-16,29-33H,5-8,11-12,17H2,1-4H3,(H,34,35). The number of carboxylic acid groups (broad SMARTS) is 1. The number of phenols is 4. The van der Waals surface area contributed by atoms with Gasteiger partial charge in [-0.1, -0.05) is 25.7 Å². The van der Waals surface area contributed by atoms with Crippen LogP contribution in [0.4, 0.5) is 0 Å². The predicted molar refractivity (Wildman–Crippen MR) is 134 cm³/mol. The summed E-state index contributed by atoms with van der Waals surface area (Å²) < 4.78 is 0. The maximum absolute atomic E-state index is 11.3. The van der Waals surface area contributed by atoms with E-state index in [-0.39, 0.29) is 46.1 Å². The topological polar surface area (TPSA) is 138 Å². The molecule has 0 atom stereocenters. The average Bonchev–Trinajstić information content (AvgIpc) is 2.77. The van der Waals surface area contributed by atoms with Crippen LogP contribution < -0.4 is 0 Å². The zero-order valence-corrected chi connectivity index (χ0v) is 20.9. The molecule has 0 aliphatic rings. The van der Waals surface area contributed by atoms with Crippen molar-refractivity contribution in [2.75, 3.05) is 6.61 Å². The summed E-state index contributed by atoms with van der Waals surface area (Å²) in [6, 6.07) is 5.55. The number of hydrogen-bond acceptors (Lipinski definition) is 6. The number of rotatable bonds is 10. The Hall–Kier alpha value is -3.37. The van der Waals surface area contributed by atoms with Crippen molar-refractivity contribution in [1.29, 1.82) is 0 Å². The fourth-order valence-electron chi connectivity index (χ4n) is 3.73. The van der Waals surface area contributed by atoms with Crippen molar-refractivity contribution in [2.24, 2.45) is 10.8 Å². The Kier molecular flexibility index (Phi) is 9.06. The van der Waals surface area contributed by atoms with E-state index in [0.29, 0.717) is 43.2 Å². The molecule has 0 saturated carbocycles. The molecule has 0 aliphatic heterocycles. The van der Waals surface area contributed by atoms with Crippen molar-refractivity contribution in [3.63, 3.8) is 0 Å². The number of carbonyl (C=O) groups is 1. The van der Waals surface area contributed by atoms with Gasteiger partial charge in [-0.05, 0) is 93.2 Å². The fraction of sp³-hybridized carbons (Fsp3) is 0.464. The predicted octanol–water partition coefficient (Wildman–Crippen LogP) is 4.68. The third-order valence-corrected chi connectivity index (χ3v) is 6.23. The molecule has 0 bridgehead atoms. The summed E-state index contributed by atoms with van der Waals surface area (Å²) in [6.45, 7) is 7.24. The highest BCUT2D eigenvalue weighted by atomic mass is 16.4. The van der Waals surface area contributed by atoms with E-state index in [1.165, 1.54) is 24.3 Å². The van der Waals surface area contributed by atoms with Crippen LogP contribution in [0.3, 0.4) is 0 Å². The first-order chi connectivity index (χ1) is 16.3. The zero-order chi connectivity index (χ0) is 26.4. The number of aliphatic carboxylic acids is 1. The lowest BCUT2D eigenvalue weighted by Gasteiger charge is -2.21.